The third kappa shape index (κ3) is 3.04. The van der Waals surface area contributed by atoms with Crippen molar-refractivity contribution in [2.45, 2.75) is 0 Å². The Balaban J connectivity index is 2.18. The average Bonchev–Trinajstić information content (AvgIpc) is 2.79. The molecule has 0 aromatic heterocycles. The van der Waals surface area contributed by atoms with E-state index in [2.05, 4.69) is 4.72 Å². The molecule has 1 aliphatic heterocycles. The number of halogens is 1. The third-order valence-electron chi connectivity index (χ3n) is 3.68. The zero-order chi connectivity index (χ0) is 19.2. The van der Waals surface area contributed by atoms with Crippen LogP contribution in [-0.4, -0.2) is 31.5 Å². The van der Waals surface area contributed by atoms with Crippen LogP contribution in [0.25, 0.3) is 0 Å². The van der Waals surface area contributed by atoms with Crippen molar-refractivity contribution in [1.82, 2.24) is 0 Å². The Morgan fingerprint density at radius 3 is 2.15 bits per heavy atom. The second kappa shape index (κ2) is 6.15. The van der Waals surface area contributed by atoms with Crippen LogP contribution in [0.1, 0.15) is 26.3 Å². The number of hydrogen-bond donors (Lipinski definition) is 2. The number of thiocarbonyl (C=S) groups is 1. The molecular weight excluding hydrogens is 381 g/mol. The monoisotopic (exact) mass is 393 g/mol. The summed E-state index contributed by atoms with van der Waals surface area (Å²) in [7, 11) is -3.74. The Bertz CT molecular complexity index is 1050. The molecule has 0 fully saturated rings. The maximum absolute atomic E-state index is 14.6. The first-order valence-corrected chi connectivity index (χ1v) is 9.49. The van der Waals surface area contributed by atoms with Crippen LogP contribution in [0.2, 0.25) is 0 Å². The van der Waals surface area contributed by atoms with Crippen LogP contribution >= 0.6 is 12.2 Å². The van der Waals surface area contributed by atoms with Gasteiger partial charge in [-0.2, -0.15) is 0 Å². The lowest BCUT2D eigenvalue weighted by atomic mass is 10.1. The van der Waals surface area contributed by atoms with E-state index >= 15 is 0 Å². The molecule has 10 heteroatoms. The Labute approximate surface area is 153 Å². The first-order chi connectivity index (χ1) is 12.1. The van der Waals surface area contributed by atoms with Crippen LogP contribution < -0.4 is 15.4 Å². The van der Waals surface area contributed by atoms with Gasteiger partial charge in [-0.1, -0.05) is 24.4 Å². The first-order valence-electron chi connectivity index (χ1n) is 7.19. The smallest absolute Gasteiger partial charge is 0.266 e. The van der Waals surface area contributed by atoms with E-state index in [1.165, 1.54) is 12.1 Å². The van der Waals surface area contributed by atoms with Gasteiger partial charge in [-0.25, -0.2) is 17.7 Å². The molecule has 2 aromatic carbocycles. The van der Waals surface area contributed by atoms with Crippen molar-refractivity contribution >= 4 is 50.4 Å². The van der Waals surface area contributed by atoms with Gasteiger partial charge in [0.05, 0.1) is 28.8 Å². The van der Waals surface area contributed by atoms with Gasteiger partial charge in [0.2, 0.25) is 10.0 Å². The van der Waals surface area contributed by atoms with Crippen LogP contribution in [0, 0.1) is 5.82 Å². The number of sulfonamides is 1. The number of carbonyl (C=O) groups is 2. The van der Waals surface area contributed by atoms with Gasteiger partial charge in [0.15, 0.2) is 0 Å². The summed E-state index contributed by atoms with van der Waals surface area (Å²) >= 11 is 4.81. The lowest BCUT2D eigenvalue weighted by molar-refractivity contribution is 0.0925. The molecule has 7 nitrogen and oxygen atoms in total. The second-order valence-corrected chi connectivity index (χ2v) is 7.77. The molecular formula is C16H12FN3O4S2. The molecule has 0 saturated carbocycles. The zero-order valence-electron chi connectivity index (χ0n) is 13.3. The molecule has 1 aliphatic rings. The van der Waals surface area contributed by atoms with Gasteiger partial charge in [-0.3, -0.25) is 14.3 Å². The quantitative estimate of drug-likeness (QED) is 0.604. The summed E-state index contributed by atoms with van der Waals surface area (Å²) < 4.78 is 39.9. The normalized spacial score (nSPS) is 13.7. The second-order valence-electron chi connectivity index (χ2n) is 5.58. The minimum Gasteiger partial charge on any atom is -0.389 e. The van der Waals surface area contributed by atoms with E-state index in [0.717, 1.165) is 18.4 Å². The predicted octanol–water partition coefficient (Wildman–Crippen LogP) is 1.63. The Morgan fingerprint density at radius 1 is 1.15 bits per heavy atom. The van der Waals surface area contributed by atoms with Gasteiger partial charge in [0.1, 0.15) is 10.8 Å². The highest BCUT2D eigenvalue weighted by Crippen LogP contribution is 2.33. The van der Waals surface area contributed by atoms with Crippen LogP contribution in [0.15, 0.2) is 36.4 Å². The number of imide groups is 1. The SMILES string of the molecule is CS(=O)(=O)Nc1cc(N2C(=O)c3ccccc3C2=O)c(F)cc1C(N)=S. The minimum atomic E-state index is -3.74. The van der Waals surface area contributed by atoms with Gasteiger partial charge in [-0.15, -0.1) is 0 Å². The van der Waals surface area contributed by atoms with E-state index in [4.69, 9.17) is 18.0 Å². The number of carbonyl (C=O) groups excluding carboxylic acids is 2. The predicted molar refractivity (Wildman–Crippen MR) is 98.3 cm³/mol. The summed E-state index contributed by atoms with van der Waals surface area (Å²) in [6.45, 7) is 0. The van der Waals surface area contributed by atoms with E-state index in [-0.39, 0.29) is 27.4 Å². The molecule has 26 heavy (non-hydrogen) atoms. The zero-order valence-corrected chi connectivity index (χ0v) is 14.9. The number of hydrogen-bond acceptors (Lipinski definition) is 5. The van der Waals surface area contributed by atoms with Crippen molar-refractivity contribution in [1.29, 1.82) is 0 Å². The molecule has 134 valence electrons. The van der Waals surface area contributed by atoms with Crippen molar-refractivity contribution in [2.24, 2.45) is 5.73 Å². The summed E-state index contributed by atoms with van der Waals surface area (Å²) in [5, 5.41) is 0. The fourth-order valence-corrected chi connectivity index (χ4v) is 3.37. The van der Waals surface area contributed by atoms with Gasteiger partial charge in [0, 0.05) is 5.56 Å². The largest absolute Gasteiger partial charge is 0.389 e. The first kappa shape index (κ1) is 18.0. The lowest BCUT2D eigenvalue weighted by Crippen LogP contribution is -2.31. The lowest BCUT2D eigenvalue weighted by Gasteiger charge is -2.18. The molecule has 0 spiro atoms. The number of rotatable bonds is 4. The topological polar surface area (TPSA) is 110 Å². The standard InChI is InChI=1S/C16H12FN3O4S2/c1-26(23,24)19-12-7-13(11(17)6-10(12)14(18)25)20-15(21)8-4-2-3-5-9(8)16(20)22/h2-7,19H,1H3,(H2,18,25). The third-order valence-corrected chi connectivity index (χ3v) is 4.49. The van der Waals surface area contributed by atoms with Crippen LogP contribution in [0.4, 0.5) is 15.8 Å². The molecule has 1 heterocycles. The van der Waals surface area contributed by atoms with Gasteiger partial charge in [-0.05, 0) is 24.3 Å². The molecule has 0 radical (unpaired) electrons. The summed E-state index contributed by atoms with van der Waals surface area (Å²) in [6, 6.07) is 7.97. The summed E-state index contributed by atoms with van der Waals surface area (Å²) in [5.74, 6) is -2.36. The minimum absolute atomic E-state index is 0.0664. The number of nitrogens with zero attached hydrogens (tertiary/aromatic N) is 1. The van der Waals surface area contributed by atoms with E-state index in [0.29, 0.717) is 4.90 Å². The highest BCUT2D eigenvalue weighted by molar-refractivity contribution is 7.92. The number of nitrogens with two attached hydrogens (primary N) is 1. The summed E-state index contributed by atoms with van der Waals surface area (Å²) in [4.78, 5) is 25.5. The maximum Gasteiger partial charge on any atom is 0.266 e. The van der Waals surface area contributed by atoms with Crippen molar-refractivity contribution in [3.8, 4) is 0 Å². The van der Waals surface area contributed by atoms with Crippen molar-refractivity contribution in [3.63, 3.8) is 0 Å². The highest BCUT2D eigenvalue weighted by Gasteiger charge is 2.38. The summed E-state index contributed by atoms with van der Waals surface area (Å²) in [5.41, 5.74) is 5.18. The Morgan fingerprint density at radius 2 is 1.69 bits per heavy atom. The number of nitrogens with one attached hydrogen (secondary N) is 1. The van der Waals surface area contributed by atoms with E-state index in [1.54, 1.807) is 12.1 Å². The number of benzene rings is 2. The number of fused-ring (bicyclic) bond motifs is 1. The van der Waals surface area contributed by atoms with E-state index in [9.17, 15) is 22.4 Å². The van der Waals surface area contributed by atoms with Crippen LogP contribution in [0.5, 0.6) is 0 Å². The van der Waals surface area contributed by atoms with Crippen LogP contribution in [0.3, 0.4) is 0 Å². The average molecular weight is 393 g/mol. The number of anilines is 2. The maximum atomic E-state index is 14.6. The van der Waals surface area contributed by atoms with Crippen molar-refractivity contribution in [3.05, 3.63) is 58.9 Å². The molecule has 0 bridgehead atoms. The Kier molecular flexibility index (Phi) is 4.24. The molecule has 2 amide bonds. The highest BCUT2D eigenvalue weighted by atomic mass is 32.2. The Hall–Kier alpha value is -2.85. The molecule has 3 N–H and O–H groups in total. The van der Waals surface area contributed by atoms with E-state index < -0.39 is 33.3 Å². The van der Waals surface area contributed by atoms with E-state index in [1.807, 2.05) is 0 Å². The fourth-order valence-electron chi connectivity index (χ4n) is 2.63. The van der Waals surface area contributed by atoms with Crippen molar-refractivity contribution in [2.75, 3.05) is 15.9 Å². The molecule has 0 aliphatic carbocycles. The fraction of sp³-hybridized carbons (Fsp3) is 0.0625. The molecule has 0 saturated heterocycles. The van der Waals surface area contributed by atoms with Gasteiger partial charge >= 0.3 is 0 Å². The van der Waals surface area contributed by atoms with Gasteiger partial charge < -0.3 is 5.73 Å². The van der Waals surface area contributed by atoms with Gasteiger partial charge in [0.25, 0.3) is 11.8 Å². The van der Waals surface area contributed by atoms with Crippen LogP contribution in [-0.2, 0) is 10.0 Å². The van der Waals surface area contributed by atoms with Crippen molar-refractivity contribution < 1.29 is 22.4 Å². The molecule has 3 rings (SSSR count). The molecule has 0 atom stereocenters. The number of amides is 2. The molecule has 2 aromatic rings. The summed E-state index contributed by atoms with van der Waals surface area (Å²) in [6.07, 6.45) is 0.890. The molecule has 0 unspecified atom stereocenters.